The lowest BCUT2D eigenvalue weighted by molar-refractivity contribution is -0.122. The molecular weight excluding hydrogens is 421 g/mol. The summed E-state index contributed by atoms with van der Waals surface area (Å²) in [5, 5.41) is 20.5. The Hall–Kier alpha value is -4.02. The second kappa shape index (κ2) is 10.3. The zero-order chi connectivity index (χ0) is 23.1. The van der Waals surface area contributed by atoms with Gasteiger partial charge in [0, 0.05) is 24.7 Å². The molecule has 3 N–H and O–H groups in total. The number of rotatable bonds is 5. The lowest BCUT2D eigenvalue weighted by Crippen LogP contribution is -2.36. The SMILES string of the molecule is Cc1cc(C(=O)N2CCc3c(C(=O)NCCc4cccc(F)c4)n[nH]c3C2)no1.O=CO. The molecule has 10 nitrogen and oxygen atoms in total. The Morgan fingerprint density at radius 2 is 2.16 bits per heavy atom. The molecule has 0 atom stereocenters. The standard InChI is InChI=1S/C20H20FN5O3.CH2O2/c1-12-9-16(25-29-12)20(28)26-8-6-15-17(11-26)23-24-18(15)19(27)22-7-5-13-3-2-4-14(21)10-13;2-1-3/h2-4,9-10H,5-8,11H2,1H3,(H,22,27)(H,23,24);1H,(H,2,3). The Morgan fingerprint density at radius 1 is 1.38 bits per heavy atom. The molecule has 1 aromatic carbocycles. The van der Waals surface area contributed by atoms with Gasteiger partial charge in [-0.3, -0.25) is 19.5 Å². The van der Waals surface area contributed by atoms with Crippen molar-refractivity contribution in [1.82, 2.24) is 25.6 Å². The maximum atomic E-state index is 13.2. The molecule has 0 saturated heterocycles. The molecule has 0 aliphatic carbocycles. The minimum Gasteiger partial charge on any atom is -0.483 e. The van der Waals surface area contributed by atoms with Crippen molar-refractivity contribution in [2.45, 2.75) is 26.3 Å². The molecule has 0 saturated carbocycles. The van der Waals surface area contributed by atoms with Gasteiger partial charge in [-0.2, -0.15) is 5.10 Å². The predicted octanol–water partition coefficient (Wildman–Crippen LogP) is 1.72. The molecule has 0 fully saturated rings. The van der Waals surface area contributed by atoms with Crippen molar-refractivity contribution >= 4 is 18.3 Å². The highest BCUT2D eigenvalue weighted by Gasteiger charge is 2.29. The van der Waals surface area contributed by atoms with E-state index in [1.807, 2.05) is 6.07 Å². The highest BCUT2D eigenvalue weighted by Crippen LogP contribution is 2.21. The van der Waals surface area contributed by atoms with Gasteiger partial charge in [-0.05, 0) is 37.5 Å². The maximum Gasteiger partial charge on any atom is 0.290 e. The molecule has 0 unspecified atom stereocenters. The number of nitrogens with zero attached hydrogens (tertiary/aromatic N) is 3. The van der Waals surface area contributed by atoms with Crippen LogP contribution in [0.2, 0.25) is 0 Å². The Labute approximate surface area is 182 Å². The number of carbonyl (C=O) groups is 3. The summed E-state index contributed by atoms with van der Waals surface area (Å²) in [4.78, 5) is 35.0. The molecule has 3 aromatic rings. The molecule has 0 radical (unpaired) electrons. The first-order chi connectivity index (χ1) is 15.4. The molecule has 3 heterocycles. The average molecular weight is 443 g/mol. The number of benzene rings is 1. The number of carbonyl (C=O) groups excluding carboxylic acids is 2. The van der Waals surface area contributed by atoms with E-state index in [0.717, 1.165) is 16.8 Å². The van der Waals surface area contributed by atoms with Gasteiger partial charge in [-0.25, -0.2) is 4.39 Å². The molecule has 11 heteroatoms. The van der Waals surface area contributed by atoms with E-state index in [4.69, 9.17) is 14.4 Å². The molecule has 32 heavy (non-hydrogen) atoms. The summed E-state index contributed by atoms with van der Waals surface area (Å²) < 4.78 is 18.2. The summed E-state index contributed by atoms with van der Waals surface area (Å²) in [7, 11) is 0. The lowest BCUT2D eigenvalue weighted by Gasteiger charge is -2.25. The average Bonchev–Trinajstić information content (AvgIpc) is 3.39. The van der Waals surface area contributed by atoms with Crippen LogP contribution in [0.4, 0.5) is 4.39 Å². The van der Waals surface area contributed by atoms with Gasteiger partial charge in [0.1, 0.15) is 11.6 Å². The smallest absolute Gasteiger partial charge is 0.290 e. The fourth-order valence-corrected chi connectivity index (χ4v) is 3.40. The summed E-state index contributed by atoms with van der Waals surface area (Å²) in [6, 6.07) is 7.89. The third kappa shape index (κ3) is 5.36. The number of hydrogen-bond acceptors (Lipinski definition) is 6. The van der Waals surface area contributed by atoms with E-state index in [9.17, 15) is 14.0 Å². The molecule has 1 aliphatic rings. The number of fused-ring (bicyclic) bond motifs is 1. The van der Waals surface area contributed by atoms with Gasteiger partial charge in [0.15, 0.2) is 11.4 Å². The molecule has 2 amide bonds. The highest BCUT2D eigenvalue weighted by atomic mass is 19.1. The van der Waals surface area contributed by atoms with Crippen LogP contribution in [0.3, 0.4) is 0 Å². The van der Waals surface area contributed by atoms with Crippen molar-refractivity contribution in [3.63, 3.8) is 0 Å². The van der Waals surface area contributed by atoms with Crippen molar-refractivity contribution in [2.75, 3.05) is 13.1 Å². The van der Waals surface area contributed by atoms with E-state index in [-0.39, 0.29) is 29.8 Å². The fraction of sp³-hybridized carbons (Fsp3) is 0.286. The van der Waals surface area contributed by atoms with Gasteiger partial charge in [-0.15, -0.1) is 0 Å². The Kier molecular flexibility index (Phi) is 7.32. The number of halogens is 1. The number of hydrogen-bond donors (Lipinski definition) is 3. The predicted molar refractivity (Wildman–Crippen MR) is 109 cm³/mol. The summed E-state index contributed by atoms with van der Waals surface area (Å²) in [6.45, 7) is 2.64. The fourth-order valence-electron chi connectivity index (χ4n) is 3.40. The van der Waals surface area contributed by atoms with Crippen LogP contribution in [-0.4, -0.2) is 56.7 Å². The molecular formula is C21H22FN5O5. The van der Waals surface area contributed by atoms with Crippen LogP contribution in [0.25, 0.3) is 0 Å². The number of nitrogens with one attached hydrogen (secondary N) is 2. The number of aryl methyl sites for hydroxylation is 1. The number of aromatic nitrogens is 3. The van der Waals surface area contributed by atoms with Gasteiger partial charge in [-0.1, -0.05) is 17.3 Å². The van der Waals surface area contributed by atoms with Crippen molar-refractivity contribution in [3.05, 3.63) is 70.1 Å². The van der Waals surface area contributed by atoms with Gasteiger partial charge >= 0.3 is 0 Å². The molecule has 2 aromatic heterocycles. The summed E-state index contributed by atoms with van der Waals surface area (Å²) in [5.74, 6) is -0.228. The first kappa shape index (κ1) is 22.7. The molecule has 1 aliphatic heterocycles. The summed E-state index contributed by atoms with van der Waals surface area (Å²) >= 11 is 0. The van der Waals surface area contributed by atoms with E-state index in [1.165, 1.54) is 12.1 Å². The number of H-pyrrole nitrogens is 1. The first-order valence-corrected chi connectivity index (χ1v) is 9.82. The van der Waals surface area contributed by atoms with Gasteiger partial charge in [0.2, 0.25) is 0 Å². The van der Waals surface area contributed by atoms with Gasteiger partial charge in [0.25, 0.3) is 18.3 Å². The maximum absolute atomic E-state index is 13.2. The van der Waals surface area contributed by atoms with Crippen LogP contribution in [0.5, 0.6) is 0 Å². The molecule has 4 rings (SSSR count). The minimum atomic E-state index is -0.296. The van der Waals surface area contributed by atoms with Crippen LogP contribution in [-0.2, 0) is 24.2 Å². The van der Waals surface area contributed by atoms with E-state index in [0.29, 0.717) is 43.9 Å². The van der Waals surface area contributed by atoms with Crippen LogP contribution in [0.15, 0.2) is 34.9 Å². The highest BCUT2D eigenvalue weighted by molar-refractivity contribution is 5.95. The largest absolute Gasteiger partial charge is 0.483 e. The van der Waals surface area contributed by atoms with E-state index >= 15 is 0 Å². The van der Waals surface area contributed by atoms with Crippen molar-refractivity contribution in [1.29, 1.82) is 0 Å². The van der Waals surface area contributed by atoms with Crippen molar-refractivity contribution in [3.8, 4) is 0 Å². The number of amides is 2. The van der Waals surface area contributed by atoms with Gasteiger partial charge in [0.05, 0.1) is 12.2 Å². The molecule has 0 spiro atoms. The number of aromatic amines is 1. The van der Waals surface area contributed by atoms with Crippen molar-refractivity contribution in [2.24, 2.45) is 0 Å². The first-order valence-electron chi connectivity index (χ1n) is 9.82. The van der Waals surface area contributed by atoms with Crippen LogP contribution < -0.4 is 5.32 Å². The van der Waals surface area contributed by atoms with Gasteiger partial charge < -0.3 is 19.8 Å². The molecule has 0 bridgehead atoms. The quantitative estimate of drug-likeness (QED) is 0.510. The normalized spacial score (nSPS) is 12.4. The number of carboxylic acid groups (broad SMARTS) is 1. The topological polar surface area (TPSA) is 141 Å². The monoisotopic (exact) mass is 443 g/mol. The zero-order valence-electron chi connectivity index (χ0n) is 17.3. The second-order valence-electron chi connectivity index (χ2n) is 7.07. The van der Waals surface area contributed by atoms with Crippen LogP contribution in [0.1, 0.15) is 43.6 Å². The Bertz CT molecular complexity index is 1110. The van der Waals surface area contributed by atoms with Crippen LogP contribution >= 0.6 is 0 Å². The summed E-state index contributed by atoms with van der Waals surface area (Å²) in [6.07, 6.45) is 1.04. The van der Waals surface area contributed by atoms with Crippen molar-refractivity contribution < 1.29 is 28.4 Å². The lowest BCUT2D eigenvalue weighted by atomic mass is 10.0. The summed E-state index contributed by atoms with van der Waals surface area (Å²) in [5.41, 5.74) is 2.96. The van der Waals surface area contributed by atoms with Crippen LogP contribution in [0, 0.1) is 12.7 Å². The third-order valence-electron chi connectivity index (χ3n) is 4.87. The Morgan fingerprint density at radius 3 is 2.84 bits per heavy atom. The van der Waals surface area contributed by atoms with E-state index < -0.39 is 0 Å². The van der Waals surface area contributed by atoms with E-state index in [1.54, 1.807) is 24.0 Å². The Balaban J connectivity index is 0.000000913. The second-order valence-corrected chi connectivity index (χ2v) is 7.07. The van der Waals surface area contributed by atoms with E-state index in [2.05, 4.69) is 20.7 Å². The minimum absolute atomic E-state index is 0.219. The molecule has 168 valence electrons. The zero-order valence-corrected chi connectivity index (χ0v) is 17.3. The third-order valence-corrected chi connectivity index (χ3v) is 4.87.